The number of hydrogen-bond acceptors (Lipinski definition) is 3. The molecule has 0 aromatic heterocycles. The molecule has 2 N–H and O–H groups in total. The van der Waals surface area contributed by atoms with Crippen molar-refractivity contribution in [3.05, 3.63) is 35.4 Å². The van der Waals surface area contributed by atoms with Crippen LogP contribution in [0.4, 0.5) is 8.78 Å². The van der Waals surface area contributed by atoms with Crippen LogP contribution in [0.3, 0.4) is 0 Å². The molecular formula is C17H24ClF2N3O2. The fourth-order valence-electron chi connectivity index (χ4n) is 3.01. The number of likely N-dealkylation sites (tertiary alicyclic amines) is 1. The third-order valence-corrected chi connectivity index (χ3v) is 4.28. The molecule has 2 unspecified atom stereocenters. The van der Waals surface area contributed by atoms with Gasteiger partial charge in [-0.3, -0.25) is 9.59 Å². The smallest absolute Gasteiger partial charge is 0.225 e. The van der Waals surface area contributed by atoms with E-state index in [1.807, 2.05) is 7.05 Å². The maximum absolute atomic E-state index is 14.0. The predicted molar refractivity (Wildman–Crippen MR) is 93.4 cm³/mol. The number of carbonyl (C=O) groups is 2. The van der Waals surface area contributed by atoms with E-state index in [1.165, 1.54) is 13.0 Å². The van der Waals surface area contributed by atoms with Crippen LogP contribution in [0.15, 0.2) is 18.2 Å². The summed E-state index contributed by atoms with van der Waals surface area (Å²) in [5.41, 5.74) is 0.113. The number of likely N-dealkylation sites (N-methyl/N-ethyl adjacent to an activating group) is 1. The second kappa shape index (κ2) is 9.68. The monoisotopic (exact) mass is 375 g/mol. The van der Waals surface area contributed by atoms with Gasteiger partial charge in [0.05, 0.1) is 12.5 Å². The molecule has 2 amide bonds. The number of nitrogens with zero attached hydrogens (tertiary/aromatic N) is 1. The molecule has 1 heterocycles. The van der Waals surface area contributed by atoms with Crippen molar-refractivity contribution in [2.24, 2.45) is 0 Å². The van der Waals surface area contributed by atoms with E-state index >= 15 is 0 Å². The van der Waals surface area contributed by atoms with E-state index in [4.69, 9.17) is 0 Å². The van der Waals surface area contributed by atoms with E-state index < -0.39 is 17.7 Å². The molecule has 1 fully saturated rings. The average molecular weight is 376 g/mol. The predicted octanol–water partition coefficient (Wildman–Crippen LogP) is 2.16. The first-order valence-electron chi connectivity index (χ1n) is 8.07. The van der Waals surface area contributed by atoms with Gasteiger partial charge < -0.3 is 15.5 Å². The van der Waals surface area contributed by atoms with Gasteiger partial charge in [0.2, 0.25) is 11.8 Å². The maximum Gasteiger partial charge on any atom is 0.225 e. The fourth-order valence-corrected chi connectivity index (χ4v) is 3.01. The molecule has 0 saturated carbocycles. The zero-order chi connectivity index (χ0) is 17.7. The van der Waals surface area contributed by atoms with Crippen molar-refractivity contribution in [1.29, 1.82) is 0 Å². The number of benzene rings is 1. The Balaban J connectivity index is 0.00000312. The molecule has 2 rings (SSSR count). The zero-order valence-electron chi connectivity index (χ0n) is 14.4. The highest BCUT2D eigenvalue weighted by molar-refractivity contribution is 5.85. The van der Waals surface area contributed by atoms with Crippen LogP contribution in [0.5, 0.6) is 0 Å². The summed E-state index contributed by atoms with van der Waals surface area (Å²) >= 11 is 0. The van der Waals surface area contributed by atoms with Crippen LogP contribution in [0.1, 0.15) is 37.8 Å². The zero-order valence-corrected chi connectivity index (χ0v) is 15.2. The Kier molecular flexibility index (Phi) is 8.25. The molecule has 2 atom stereocenters. The highest BCUT2D eigenvalue weighted by atomic mass is 35.5. The van der Waals surface area contributed by atoms with Crippen molar-refractivity contribution in [2.45, 2.75) is 38.3 Å². The lowest BCUT2D eigenvalue weighted by molar-refractivity contribution is -0.133. The number of piperidine rings is 1. The molecule has 1 aromatic rings. The molecule has 5 nitrogen and oxygen atoms in total. The quantitative estimate of drug-likeness (QED) is 0.829. The van der Waals surface area contributed by atoms with Crippen LogP contribution in [0, 0.1) is 11.6 Å². The molecular weight excluding hydrogens is 352 g/mol. The lowest BCUT2D eigenvalue weighted by Crippen LogP contribution is -2.47. The minimum Gasteiger partial charge on any atom is -0.349 e. The van der Waals surface area contributed by atoms with E-state index in [0.717, 1.165) is 25.0 Å². The van der Waals surface area contributed by atoms with Gasteiger partial charge >= 0.3 is 0 Å². The molecule has 0 bridgehead atoms. The Morgan fingerprint density at radius 3 is 2.68 bits per heavy atom. The van der Waals surface area contributed by atoms with E-state index in [-0.39, 0.29) is 42.2 Å². The van der Waals surface area contributed by atoms with Crippen LogP contribution in [0.25, 0.3) is 0 Å². The van der Waals surface area contributed by atoms with Gasteiger partial charge in [-0.1, -0.05) is 6.07 Å². The molecule has 0 radical (unpaired) electrons. The van der Waals surface area contributed by atoms with E-state index in [9.17, 15) is 18.4 Å². The van der Waals surface area contributed by atoms with Gasteiger partial charge in [0.1, 0.15) is 11.6 Å². The Morgan fingerprint density at radius 1 is 1.36 bits per heavy atom. The van der Waals surface area contributed by atoms with Crippen LogP contribution >= 0.6 is 12.4 Å². The summed E-state index contributed by atoms with van der Waals surface area (Å²) in [5.74, 6) is -1.99. The average Bonchev–Trinajstić information content (AvgIpc) is 2.54. The lowest BCUT2D eigenvalue weighted by Gasteiger charge is -2.33. The van der Waals surface area contributed by atoms with E-state index in [0.29, 0.717) is 13.1 Å². The molecule has 1 aromatic carbocycles. The number of hydrogen-bond donors (Lipinski definition) is 2. The van der Waals surface area contributed by atoms with Gasteiger partial charge in [0, 0.05) is 37.7 Å². The summed E-state index contributed by atoms with van der Waals surface area (Å²) in [6.07, 6.45) is 1.84. The first-order valence-corrected chi connectivity index (χ1v) is 8.07. The van der Waals surface area contributed by atoms with Gasteiger partial charge in [-0.2, -0.15) is 0 Å². The molecule has 1 aliphatic rings. The second-order valence-corrected chi connectivity index (χ2v) is 6.09. The summed E-state index contributed by atoms with van der Waals surface area (Å²) in [4.78, 5) is 25.7. The van der Waals surface area contributed by atoms with Crippen molar-refractivity contribution in [3.8, 4) is 0 Å². The number of nitrogens with one attached hydrogen (secondary N) is 2. The van der Waals surface area contributed by atoms with Gasteiger partial charge in [-0.05, 0) is 26.0 Å². The summed E-state index contributed by atoms with van der Waals surface area (Å²) in [6.45, 7) is 2.54. The SMILES string of the molecule is CNC1CCCN(C(=O)CC(NC(C)=O)c2ccc(F)cc2F)C1.Cl. The highest BCUT2D eigenvalue weighted by Crippen LogP contribution is 2.23. The van der Waals surface area contributed by atoms with Crippen LogP contribution < -0.4 is 10.6 Å². The maximum atomic E-state index is 14.0. The van der Waals surface area contributed by atoms with Crippen LogP contribution in [-0.4, -0.2) is 42.9 Å². The molecule has 1 aliphatic heterocycles. The van der Waals surface area contributed by atoms with Crippen molar-refractivity contribution < 1.29 is 18.4 Å². The van der Waals surface area contributed by atoms with Crippen molar-refractivity contribution in [1.82, 2.24) is 15.5 Å². The molecule has 8 heteroatoms. The summed E-state index contributed by atoms with van der Waals surface area (Å²) in [5, 5.41) is 5.74. The van der Waals surface area contributed by atoms with Crippen LogP contribution in [0.2, 0.25) is 0 Å². The van der Waals surface area contributed by atoms with Crippen molar-refractivity contribution in [2.75, 3.05) is 20.1 Å². The van der Waals surface area contributed by atoms with Crippen LogP contribution in [-0.2, 0) is 9.59 Å². The van der Waals surface area contributed by atoms with Gasteiger partial charge in [-0.25, -0.2) is 8.78 Å². The first kappa shape index (κ1) is 21.3. The van der Waals surface area contributed by atoms with Crippen molar-refractivity contribution >= 4 is 24.2 Å². The molecule has 0 aliphatic carbocycles. The number of halogens is 3. The highest BCUT2D eigenvalue weighted by Gasteiger charge is 2.27. The summed E-state index contributed by atoms with van der Waals surface area (Å²) in [6, 6.07) is 2.57. The number of rotatable bonds is 5. The summed E-state index contributed by atoms with van der Waals surface area (Å²) < 4.78 is 27.1. The Morgan fingerprint density at radius 2 is 2.08 bits per heavy atom. The normalized spacial score (nSPS) is 18.2. The van der Waals surface area contributed by atoms with Gasteiger partial charge in [0.25, 0.3) is 0 Å². The van der Waals surface area contributed by atoms with E-state index in [2.05, 4.69) is 10.6 Å². The largest absolute Gasteiger partial charge is 0.349 e. The fraction of sp³-hybridized carbons (Fsp3) is 0.529. The lowest BCUT2D eigenvalue weighted by atomic mass is 10.00. The number of amides is 2. The standard InChI is InChI=1S/C17H23F2N3O2.ClH/c1-11(23)21-16(14-6-5-12(18)8-15(14)19)9-17(24)22-7-3-4-13(10-22)20-2;/h5-6,8,13,16,20H,3-4,7,9-10H2,1-2H3,(H,21,23);1H. The minimum absolute atomic E-state index is 0. The Hall–Kier alpha value is -1.73. The van der Waals surface area contributed by atoms with Gasteiger partial charge in [-0.15, -0.1) is 12.4 Å². The Labute approximate surface area is 152 Å². The third-order valence-electron chi connectivity index (χ3n) is 4.28. The Bertz CT molecular complexity index is 616. The molecule has 25 heavy (non-hydrogen) atoms. The van der Waals surface area contributed by atoms with Crippen molar-refractivity contribution in [3.63, 3.8) is 0 Å². The summed E-state index contributed by atoms with van der Waals surface area (Å²) in [7, 11) is 1.85. The second-order valence-electron chi connectivity index (χ2n) is 6.09. The number of carbonyl (C=O) groups excluding carboxylic acids is 2. The first-order chi connectivity index (χ1) is 11.4. The molecule has 140 valence electrons. The topological polar surface area (TPSA) is 61.4 Å². The third kappa shape index (κ3) is 5.93. The minimum atomic E-state index is -0.814. The van der Waals surface area contributed by atoms with Gasteiger partial charge in [0.15, 0.2) is 0 Å². The van der Waals surface area contributed by atoms with E-state index in [1.54, 1.807) is 4.90 Å². The molecule has 0 spiro atoms. The molecule has 1 saturated heterocycles.